The van der Waals surface area contributed by atoms with Crippen molar-refractivity contribution in [2.45, 2.75) is 52.0 Å². The molecule has 0 aliphatic heterocycles. The Balaban J connectivity index is 1.99. The highest BCUT2D eigenvalue weighted by molar-refractivity contribution is 5.30. The second-order valence-electron chi connectivity index (χ2n) is 5.53. The SMILES string of the molecule is CCCNC(CCC1CC1)c1cccc(OCC)c1. The van der Waals surface area contributed by atoms with Gasteiger partial charge in [-0.3, -0.25) is 0 Å². The summed E-state index contributed by atoms with van der Waals surface area (Å²) in [5, 5.41) is 3.68. The zero-order chi connectivity index (χ0) is 13.5. The van der Waals surface area contributed by atoms with Crippen LogP contribution in [-0.2, 0) is 0 Å². The summed E-state index contributed by atoms with van der Waals surface area (Å²) in [5.41, 5.74) is 1.38. The summed E-state index contributed by atoms with van der Waals surface area (Å²) in [5.74, 6) is 2.00. The van der Waals surface area contributed by atoms with E-state index < -0.39 is 0 Å². The summed E-state index contributed by atoms with van der Waals surface area (Å²) in [6.07, 6.45) is 6.69. The largest absolute Gasteiger partial charge is 0.494 e. The topological polar surface area (TPSA) is 21.3 Å². The molecule has 0 spiro atoms. The molecular weight excluding hydrogens is 234 g/mol. The first-order chi connectivity index (χ1) is 9.33. The highest BCUT2D eigenvalue weighted by Crippen LogP contribution is 2.36. The van der Waals surface area contributed by atoms with E-state index in [1.165, 1.54) is 37.7 Å². The van der Waals surface area contributed by atoms with Gasteiger partial charge in [-0.1, -0.05) is 31.9 Å². The monoisotopic (exact) mass is 261 g/mol. The summed E-state index contributed by atoms with van der Waals surface area (Å²) in [4.78, 5) is 0. The van der Waals surface area contributed by atoms with Crippen LogP contribution in [0.1, 0.15) is 57.6 Å². The van der Waals surface area contributed by atoms with Crippen molar-refractivity contribution in [3.63, 3.8) is 0 Å². The standard InChI is InChI=1S/C17H27NO/c1-3-12-18-17(11-10-14-8-9-14)15-6-5-7-16(13-15)19-4-2/h5-7,13-14,17-18H,3-4,8-12H2,1-2H3. The van der Waals surface area contributed by atoms with Crippen LogP contribution in [-0.4, -0.2) is 13.2 Å². The minimum atomic E-state index is 0.487. The van der Waals surface area contributed by atoms with Crippen LogP contribution < -0.4 is 10.1 Å². The lowest BCUT2D eigenvalue weighted by molar-refractivity contribution is 0.339. The van der Waals surface area contributed by atoms with Gasteiger partial charge in [-0.15, -0.1) is 0 Å². The molecule has 1 aromatic carbocycles. The lowest BCUT2D eigenvalue weighted by Gasteiger charge is -2.19. The van der Waals surface area contributed by atoms with Crippen LogP contribution in [0.5, 0.6) is 5.75 Å². The molecule has 0 heterocycles. The summed E-state index contributed by atoms with van der Waals surface area (Å²) in [7, 11) is 0. The Morgan fingerprint density at radius 2 is 2.16 bits per heavy atom. The Hall–Kier alpha value is -1.02. The molecule has 1 aliphatic rings. The molecule has 106 valence electrons. The van der Waals surface area contributed by atoms with Crippen LogP contribution in [0.4, 0.5) is 0 Å². The maximum Gasteiger partial charge on any atom is 0.119 e. The molecule has 2 rings (SSSR count). The Morgan fingerprint density at radius 1 is 1.32 bits per heavy atom. The molecule has 0 aromatic heterocycles. The fourth-order valence-electron chi connectivity index (χ4n) is 2.50. The van der Waals surface area contributed by atoms with E-state index in [1.54, 1.807) is 0 Å². The summed E-state index contributed by atoms with van der Waals surface area (Å²) < 4.78 is 5.61. The number of nitrogens with one attached hydrogen (secondary N) is 1. The predicted octanol–water partition coefficient (Wildman–Crippen LogP) is 4.32. The number of ether oxygens (including phenoxy) is 1. The Kier molecular flexibility index (Phi) is 5.71. The van der Waals surface area contributed by atoms with Crippen LogP contribution in [0.25, 0.3) is 0 Å². The van der Waals surface area contributed by atoms with Gasteiger partial charge in [0, 0.05) is 6.04 Å². The lowest BCUT2D eigenvalue weighted by atomic mass is 10.00. The van der Waals surface area contributed by atoms with Crippen molar-refractivity contribution in [1.29, 1.82) is 0 Å². The van der Waals surface area contributed by atoms with Gasteiger partial charge in [0.1, 0.15) is 5.75 Å². The quantitative estimate of drug-likeness (QED) is 0.715. The van der Waals surface area contributed by atoms with Crippen molar-refractivity contribution in [3.8, 4) is 5.75 Å². The van der Waals surface area contributed by atoms with E-state index in [-0.39, 0.29) is 0 Å². The first-order valence-corrected chi connectivity index (χ1v) is 7.79. The van der Waals surface area contributed by atoms with Gasteiger partial charge < -0.3 is 10.1 Å². The van der Waals surface area contributed by atoms with Gasteiger partial charge >= 0.3 is 0 Å². The van der Waals surface area contributed by atoms with E-state index in [0.29, 0.717) is 6.04 Å². The fourth-order valence-corrected chi connectivity index (χ4v) is 2.50. The van der Waals surface area contributed by atoms with Crippen molar-refractivity contribution in [3.05, 3.63) is 29.8 Å². The average molecular weight is 261 g/mol. The summed E-state index contributed by atoms with van der Waals surface area (Å²) in [6, 6.07) is 9.07. The van der Waals surface area contributed by atoms with Crippen molar-refractivity contribution in [2.24, 2.45) is 5.92 Å². The molecule has 19 heavy (non-hydrogen) atoms. The van der Waals surface area contributed by atoms with Gasteiger partial charge in [-0.05, 0) is 56.3 Å². The minimum absolute atomic E-state index is 0.487. The molecule has 1 atom stereocenters. The van der Waals surface area contributed by atoms with Crippen LogP contribution in [0.2, 0.25) is 0 Å². The van der Waals surface area contributed by atoms with Crippen LogP contribution in [0.3, 0.4) is 0 Å². The lowest BCUT2D eigenvalue weighted by Crippen LogP contribution is -2.22. The van der Waals surface area contributed by atoms with Crippen LogP contribution in [0.15, 0.2) is 24.3 Å². The average Bonchev–Trinajstić information content (AvgIpc) is 3.24. The third-order valence-electron chi connectivity index (χ3n) is 3.77. The molecular formula is C17H27NO. The Labute approximate surface area is 117 Å². The first kappa shape index (κ1) is 14.4. The van der Waals surface area contributed by atoms with Crippen molar-refractivity contribution in [2.75, 3.05) is 13.2 Å². The normalized spacial score (nSPS) is 16.3. The summed E-state index contributed by atoms with van der Waals surface area (Å²) >= 11 is 0. The highest BCUT2D eigenvalue weighted by atomic mass is 16.5. The van der Waals surface area contributed by atoms with E-state index in [0.717, 1.165) is 24.8 Å². The maximum atomic E-state index is 5.61. The van der Waals surface area contributed by atoms with Crippen molar-refractivity contribution >= 4 is 0 Å². The second-order valence-corrected chi connectivity index (χ2v) is 5.53. The molecule has 0 radical (unpaired) electrons. The smallest absolute Gasteiger partial charge is 0.119 e. The van der Waals surface area contributed by atoms with E-state index in [9.17, 15) is 0 Å². The molecule has 1 unspecified atom stereocenters. The molecule has 0 bridgehead atoms. The molecule has 2 nitrogen and oxygen atoms in total. The van der Waals surface area contributed by atoms with Crippen LogP contribution in [0, 0.1) is 5.92 Å². The molecule has 0 saturated heterocycles. The van der Waals surface area contributed by atoms with E-state index in [1.807, 2.05) is 13.0 Å². The van der Waals surface area contributed by atoms with Gasteiger partial charge in [0.15, 0.2) is 0 Å². The highest BCUT2D eigenvalue weighted by Gasteiger charge is 2.23. The Morgan fingerprint density at radius 3 is 2.84 bits per heavy atom. The molecule has 1 fully saturated rings. The zero-order valence-electron chi connectivity index (χ0n) is 12.3. The maximum absolute atomic E-state index is 5.61. The number of benzene rings is 1. The summed E-state index contributed by atoms with van der Waals surface area (Å²) in [6.45, 7) is 6.08. The molecule has 1 N–H and O–H groups in total. The van der Waals surface area contributed by atoms with Gasteiger partial charge in [0.2, 0.25) is 0 Å². The van der Waals surface area contributed by atoms with Crippen molar-refractivity contribution in [1.82, 2.24) is 5.32 Å². The third kappa shape index (κ3) is 4.87. The molecule has 1 aromatic rings. The number of rotatable bonds is 9. The van der Waals surface area contributed by atoms with Gasteiger partial charge in [-0.2, -0.15) is 0 Å². The minimum Gasteiger partial charge on any atom is -0.494 e. The van der Waals surface area contributed by atoms with Gasteiger partial charge in [0.25, 0.3) is 0 Å². The second kappa shape index (κ2) is 7.54. The first-order valence-electron chi connectivity index (χ1n) is 7.79. The van der Waals surface area contributed by atoms with E-state index in [4.69, 9.17) is 4.74 Å². The number of hydrogen-bond donors (Lipinski definition) is 1. The Bertz CT molecular complexity index is 373. The molecule has 1 saturated carbocycles. The van der Waals surface area contributed by atoms with Gasteiger partial charge in [0.05, 0.1) is 6.61 Å². The fraction of sp³-hybridized carbons (Fsp3) is 0.647. The van der Waals surface area contributed by atoms with Gasteiger partial charge in [-0.25, -0.2) is 0 Å². The van der Waals surface area contributed by atoms with E-state index in [2.05, 4.69) is 30.4 Å². The predicted molar refractivity (Wildman–Crippen MR) is 80.6 cm³/mol. The zero-order valence-corrected chi connectivity index (χ0v) is 12.3. The molecule has 2 heteroatoms. The molecule has 1 aliphatic carbocycles. The number of hydrogen-bond acceptors (Lipinski definition) is 2. The van der Waals surface area contributed by atoms with E-state index >= 15 is 0 Å². The van der Waals surface area contributed by atoms with Crippen molar-refractivity contribution < 1.29 is 4.74 Å². The third-order valence-corrected chi connectivity index (χ3v) is 3.77. The molecule has 0 amide bonds. The van der Waals surface area contributed by atoms with Crippen LogP contribution >= 0.6 is 0 Å².